The lowest BCUT2D eigenvalue weighted by Crippen LogP contribution is -1.99. The molecule has 56 valence electrons. The van der Waals surface area contributed by atoms with Crippen LogP contribution < -0.4 is 0 Å². The molecule has 0 saturated carbocycles. The number of nitrogens with zero attached hydrogens (tertiary/aromatic N) is 1. The fourth-order valence-corrected chi connectivity index (χ4v) is 1.24. The van der Waals surface area contributed by atoms with Gasteiger partial charge < -0.3 is 5.21 Å². The second-order valence-corrected chi connectivity index (χ2v) is 2.65. The molecule has 0 radical (unpaired) electrons. The fourth-order valence-electron chi connectivity index (χ4n) is 1.24. The van der Waals surface area contributed by atoms with Gasteiger partial charge in [-0.2, -0.15) is 0 Å². The first-order chi connectivity index (χ1) is 4.93. The molecule has 0 atom stereocenters. The molecule has 0 bridgehead atoms. The molecule has 2 heteroatoms. The lowest BCUT2D eigenvalue weighted by atomic mass is 10.0. The van der Waals surface area contributed by atoms with Crippen molar-refractivity contribution >= 4 is 6.21 Å². The SMILES string of the molecule is ON=CC1CCC=CCC1. The highest BCUT2D eigenvalue weighted by Gasteiger charge is 2.05. The summed E-state index contributed by atoms with van der Waals surface area (Å²) in [6, 6.07) is 0. The Morgan fingerprint density at radius 1 is 1.30 bits per heavy atom. The monoisotopic (exact) mass is 139 g/mol. The summed E-state index contributed by atoms with van der Waals surface area (Å²) in [7, 11) is 0. The molecule has 1 N–H and O–H groups in total. The van der Waals surface area contributed by atoms with E-state index >= 15 is 0 Å². The smallest absolute Gasteiger partial charge is 0.0467 e. The number of hydrogen-bond donors (Lipinski definition) is 1. The van der Waals surface area contributed by atoms with Gasteiger partial charge in [-0.25, -0.2) is 0 Å². The molecule has 1 rings (SSSR count). The Hall–Kier alpha value is -0.790. The van der Waals surface area contributed by atoms with Gasteiger partial charge in [-0.3, -0.25) is 0 Å². The third-order valence-electron chi connectivity index (χ3n) is 1.85. The molecule has 0 spiro atoms. The summed E-state index contributed by atoms with van der Waals surface area (Å²) in [5.41, 5.74) is 0. The van der Waals surface area contributed by atoms with E-state index in [-0.39, 0.29) is 0 Å². The van der Waals surface area contributed by atoms with Crippen LogP contribution in [0.3, 0.4) is 0 Å². The predicted octanol–water partition coefficient (Wildman–Crippen LogP) is 2.19. The molecule has 0 saturated heterocycles. The summed E-state index contributed by atoms with van der Waals surface area (Å²) in [5, 5.41) is 11.3. The first-order valence-corrected chi connectivity index (χ1v) is 3.76. The maximum Gasteiger partial charge on any atom is 0.0467 e. The van der Waals surface area contributed by atoms with E-state index in [1.54, 1.807) is 6.21 Å². The summed E-state index contributed by atoms with van der Waals surface area (Å²) in [6.45, 7) is 0. The van der Waals surface area contributed by atoms with Crippen molar-refractivity contribution in [2.45, 2.75) is 25.7 Å². The van der Waals surface area contributed by atoms with Crippen LogP contribution in [0.1, 0.15) is 25.7 Å². The van der Waals surface area contributed by atoms with E-state index in [0.29, 0.717) is 5.92 Å². The molecule has 0 aliphatic heterocycles. The maximum absolute atomic E-state index is 8.26. The molecule has 2 nitrogen and oxygen atoms in total. The minimum Gasteiger partial charge on any atom is -0.411 e. The Morgan fingerprint density at radius 2 is 1.90 bits per heavy atom. The lowest BCUT2D eigenvalue weighted by molar-refractivity contribution is 0.317. The van der Waals surface area contributed by atoms with Crippen molar-refractivity contribution in [3.63, 3.8) is 0 Å². The van der Waals surface area contributed by atoms with Crippen LogP contribution >= 0.6 is 0 Å². The maximum atomic E-state index is 8.26. The molecular formula is C8H13NO. The van der Waals surface area contributed by atoms with Crippen LogP contribution in [-0.4, -0.2) is 11.4 Å². The number of allylic oxidation sites excluding steroid dienone is 2. The van der Waals surface area contributed by atoms with Gasteiger partial charge >= 0.3 is 0 Å². The summed E-state index contributed by atoms with van der Waals surface area (Å²) in [5.74, 6) is 0.486. The molecule has 0 heterocycles. The predicted molar refractivity (Wildman–Crippen MR) is 41.4 cm³/mol. The van der Waals surface area contributed by atoms with Gasteiger partial charge in [0, 0.05) is 6.21 Å². The van der Waals surface area contributed by atoms with Gasteiger partial charge in [0.1, 0.15) is 0 Å². The Balaban J connectivity index is 2.33. The van der Waals surface area contributed by atoms with Crippen LogP contribution in [0.2, 0.25) is 0 Å². The lowest BCUT2D eigenvalue weighted by Gasteiger charge is -2.04. The molecule has 0 aromatic heterocycles. The van der Waals surface area contributed by atoms with Gasteiger partial charge in [0.2, 0.25) is 0 Å². The molecule has 0 unspecified atom stereocenters. The largest absolute Gasteiger partial charge is 0.411 e. The molecule has 10 heavy (non-hydrogen) atoms. The Bertz CT molecular complexity index is 130. The average Bonchev–Trinajstić information content (AvgIpc) is 2.17. The van der Waals surface area contributed by atoms with E-state index in [1.807, 2.05) is 0 Å². The van der Waals surface area contributed by atoms with Crippen LogP contribution in [0.15, 0.2) is 17.3 Å². The summed E-state index contributed by atoms with van der Waals surface area (Å²) >= 11 is 0. The van der Waals surface area contributed by atoms with Crippen molar-refractivity contribution in [2.24, 2.45) is 11.1 Å². The zero-order valence-corrected chi connectivity index (χ0v) is 6.03. The molecule has 1 aliphatic rings. The standard InChI is InChI=1S/C8H13NO/c10-9-7-8-5-3-1-2-4-6-8/h1-2,7-8,10H,3-6H2. The summed E-state index contributed by atoms with van der Waals surface area (Å²) in [4.78, 5) is 0. The van der Waals surface area contributed by atoms with E-state index in [0.717, 1.165) is 25.7 Å². The third kappa shape index (κ3) is 2.21. The van der Waals surface area contributed by atoms with Crippen molar-refractivity contribution < 1.29 is 5.21 Å². The molecule has 0 fully saturated rings. The molecule has 0 amide bonds. The first kappa shape index (κ1) is 7.32. The van der Waals surface area contributed by atoms with Crippen molar-refractivity contribution in [1.82, 2.24) is 0 Å². The van der Waals surface area contributed by atoms with Crippen LogP contribution in [0, 0.1) is 5.92 Å². The number of oxime groups is 1. The average molecular weight is 139 g/mol. The van der Waals surface area contributed by atoms with Crippen LogP contribution in [0.5, 0.6) is 0 Å². The zero-order valence-electron chi connectivity index (χ0n) is 6.03. The zero-order chi connectivity index (χ0) is 7.23. The van der Waals surface area contributed by atoms with Crippen molar-refractivity contribution in [3.05, 3.63) is 12.2 Å². The number of hydrogen-bond acceptors (Lipinski definition) is 2. The van der Waals surface area contributed by atoms with E-state index in [2.05, 4.69) is 17.3 Å². The van der Waals surface area contributed by atoms with E-state index in [4.69, 9.17) is 5.21 Å². The Morgan fingerprint density at radius 3 is 2.40 bits per heavy atom. The van der Waals surface area contributed by atoms with Crippen molar-refractivity contribution in [1.29, 1.82) is 0 Å². The van der Waals surface area contributed by atoms with Crippen molar-refractivity contribution in [2.75, 3.05) is 0 Å². The van der Waals surface area contributed by atoms with Gasteiger partial charge in [-0.15, -0.1) is 5.16 Å². The quantitative estimate of drug-likeness (QED) is 0.257. The highest BCUT2D eigenvalue weighted by atomic mass is 16.4. The van der Waals surface area contributed by atoms with E-state index in [1.165, 1.54) is 0 Å². The summed E-state index contributed by atoms with van der Waals surface area (Å²) < 4.78 is 0. The molecule has 1 aliphatic carbocycles. The highest BCUT2D eigenvalue weighted by molar-refractivity contribution is 5.59. The van der Waals surface area contributed by atoms with Crippen LogP contribution in [0.25, 0.3) is 0 Å². The molecule has 0 aromatic rings. The van der Waals surface area contributed by atoms with Crippen LogP contribution in [-0.2, 0) is 0 Å². The minimum atomic E-state index is 0.486. The van der Waals surface area contributed by atoms with Crippen LogP contribution in [0.4, 0.5) is 0 Å². The van der Waals surface area contributed by atoms with Gasteiger partial charge in [-0.05, 0) is 31.6 Å². The fraction of sp³-hybridized carbons (Fsp3) is 0.625. The Kier molecular flexibility index (Phi) is 3.00. The second kappa shape index (κ2) is 4.09. The number of rotatable bonds is 1. The summed E-state index contributed by atoms with van der Waals surface area (Å²) in [6.07, 6.45) is 10.5. The third-order valence-corrected chi connectivity index (χ3v) is 1.85. The van der Waals surface area contributed by atoms with Gasteiger partial charge in [0.25, 0.3) is 0 Å². The second-order valence-electron chi connectivity index (χ2n) is 2.65. The first-order valence-electron chi connectivity index (χ1n) is 3.76. The van der Waals surface area contributed by atoms with E-state index < -0.39 is 0 Å². The van der Waals surface area contributed by atoms with Crippen molar-refractivity contribution in [3.8, 4) is 0 Å². The molecular weight excluding hydrogens is 126 g/mol. The minimum absolute atomic E-state index is 0.486. The Labute approximate surface area is 61.2 Å². The van der Waals surface area contributed by atoms with E-state index in [9.17, 15) is 0 Å². The highest BCUT2D eigenvalue weighted by Crippen LogP contribution is 2.16. The van der Waals surface area contributed by atoms with Gasteiger partial charge in [0.15, 0.2) is 0 Å². The van der Waals surface area contributed by atoms with Gasteiger partial charge in [0.05, 0.1) is 0 Å². The topological polar surface area (TPSA) is 32.6 Å². The normalized spacial score (nSPS) is 21.6. The molecule has 0 aromatic carbocycles. The van der Waals surface area contributed by atoms with Gasteiger partial charge in [-0.1, -0.05) is 12.2 Å².